The van der Waals surface area contributed by atoms with E-state index in [0.717, 1.165) is 72.5 Å². The zero-order chi connectivity index (χ0) is 29.6. The highest BCUT2D eigenvalue weighted by atomic mass is 79.9. The predicted octanol–water partition coefficient (Wildman–Crippen LogP) is 7.07. The van der Waals surface area contributed by atoms with Gasteiger partial charge in [0.2, 0.25) is 0 Å². The summed E-state index contributed by atoms with van der Waals surface area (Å²) >= 11 is 10.5. The molecule has 3 heterocycles. The molecule has 1 aromatic carbocycles. The van der Waals surface area contributed by atoms with E-state index in [1.807, 2.05) is 37.7 Å². The lowest BCUT2D eigenvalue weighted by Gasteiger charge is -2.36. The van der Waals surface area contributed by atoms with Crippen LogP contribution in [-0.2, 0) is 30.2 Å². The number of carbonyl (C=O) groups is 2. The Morgan fingerprint density at radius 3 is 2.73 bits per heavy atom. The summed E-state index contributed by atoms with van der Waals surface area (Å²) in [5.74, 6) is -0.0675. The van der Waals surface area contributed by atoms with Crippen molar-refractivity contribution in [1.82, 2.24) is 14.7 Å². The van der Waals surface area contributed by atoms with E-state index < -0.39 is 11.7 Å². The lowest BCUT2D eigenvalue weighted by molar-refractivity contribution is -0.148. The second-order valence-electron chi connectivity index (χ2n) is 12.0. The summed E-state index contributed by atoms with van der Waals surface area (Å²) in [6.07, 6.45) is 8.18. The van der Waals surface area contributed by atoms with Crippen LogP contribution in [-0.4, -0.2) is 71.9 Å². The number of halogens is 2. The molecule has 3 atom stereocenters. The third-order valence-corrected chi connectivity index (χ3v) is 8.88. The van der Waals surface area contributed by atoms with Gasteiger partial charge in [-0.05, 0) is 99.7 Å². The first-order valence-corrected chi connectivity index (χ1v) is 15.8. The van der Waals surface area contributed by atoms with Crippen LogP contribution in [0.25, 0.3) is 10.9 Å². The molecule has 1 aromatic heterocycles. The number of methoxy groups -OCH3 is 1. The molecular weight excluding hydrogens is 614 g/mol. The van der Waals surface area contributed by atoms with E-state index in [1.165, 1.54) is 0 Å². The zero-order valence-electron chi connectivity index (χ0n) is 24.6. The number of Topliss-reactive ketones (excluding diaryl/α,β-unsaturated/α-hetero) is 1. The van der Waals surface area contributed by atoms with Gasteiger partial charge in [0.05, 0.1) is 11.7 Å². The van der Waals surface area contributed by atoms with Gasteiger partial charge in [-0.15, -0.1) is 0 Å². The summed E-state index contributed by atoms with van der Waals surface area (Å²) in [6.45, 7) is 7.37. The number of benzene rings is 1. The number of unbranched alkanes of at least 4 members (excludes halogenated alkanes) is 1. The van der Waals surface area contributed by atoms with Crippen molar-refractivity contribution >= 4 is 50.3 Å². The summed E-state index contributed by atoms with van der Waals surface area (Å²) in [7, 11) is 1.54. The third kappa shape index (κ3) is 8.44. The van der Waals surface area contributed by atoms with Crippen molar-refractivity contribution in [3.8, 4) is 0 Å². The second-order valence-corrected chi connectivity index (χ2v) is 13.2. The lowest BCUT2D eigenvalue weighted by Crippen LogP contribution is -2.48. The Morgan fingerprint density at radius 1 is 1.22 bits per heavy atom. The molecule has 2 unspecified atom stereocenters. The minimum atomic E-state index is -0.625. The van der Waals surface area contributed by atoms with E-state index >= 15 is 0 Å². The monoisotopic (exact) mass is 655 g/mol. The maximum Gasteiger partial charge on any atom is 0.410 e. The van der Waals surface area contributed by atoms with E-state index in [2.05, 4.69) is 21.0 Å². The number of carbonyl (C=O) groups excluding carboxylic acids is 2. The minimum Gasteiger partial charge on any atom is -0.444 e. The quantitative estimate of drug-likeness (QED) is 0.189. The van der Waals surface area contributed by atoms with Crippen LogP contribution in [0.4, 0.5) is 4.79 Å². The molecule has 4 rings (SSSR count). The van der Waals surface area contributed by atoms with Crippen molar-refractivity contribution in [2.24, 2.45) is 5.92 Å². The summed E-state index contributed by atoms with van der Waals surface area (Å²) in [5, 5.41) is 6.29. The Hall–Kier alpha value is -1.72. The highest BCUT2D eigenvalue weighted by molar-refractivity contribution is 9.10. The molecule has 0 bridgehead atoms. The van der Waals surface area contributed by atoms with Crippen molar-refractivity contribution < 1.29 is 28.5 Å². The molecule has 0 spiro atoms. The standard InChI is InChI=1S/C30H43BrClN3O6/c1-30(2,3)41-29(37)34-14-9-10-20(18-34)28(40-19-38-4)25(36)12-6-5-11-21-23(32)16-24-22(27(21)31)17-33-35(24)26-13-7-8-15-39-26/h16-17,20,26,28H,5-15,18-19H2,1-4H3/t20-,26?,28?/m1/s1. The van der Waals surface area contributed by atoms with E-state index in [1.54, 1.807) is 12.0 Å². The van der Waals surface area contributed by atoms with Crippen molar-refractivity contribution in [1.29, 1.82) is 0 Å². The zero-order valence-corrected chi connectivity index (χ0v) is 27.0. The number of nitrogens with zero attached hydrogens (tertiary/aromatic N) is 3. The number of aromatic nitrogens is 2. The Balaban J connectivity index is 1.35. The number of ether oxygens (including phenoxy) is 4. The lowest BCUT2D eigenvalue weighted by atomic mass is 9.88. The molecule has 11 heteroatoms. The fraction of sp³-hybridized carbons (Fsp3) is 0.700. The molecule has 0 N–H and O–H groups in total. The van der Waals surface area contributed by atoms with Gasteiger partial charge in [-0.3, -0.25) is 4.79 Å². The van der Waals surface area contributed by atoms with Crippen LogP contribution in [0.15, 0.2) is 16.7 Å². The Labute approximate surface area is 256 Å². The van der Waals surface area contributed by atoms with Gasteiger partial charge in [0.1, 0.15) is 18.5 Å². The Kier molecular flexibility index (Phi) is 11.5. The Bertz CT molecular complexity index is 1190. The molecule has 1 amide bonds. The largest absolute Gasteiger partial charge is 0.444 e. The SMILES string of the molecule is COCOC(C(=O)CCCCc1c(Cl)cc2c(cnn2C2CCCCO2)c1Br)[C@@H]1CCCN(C(=O)OC(C)(C)C)C1. The number of fused-ring (bicyclic) bond motifs is 1. The first kappa shape index (κ1) is 32.2. The summed E-state index contributed by atoms with van der Waals surface area (Å²) in [6, 6.07) is 1.97. The molecule has 2 aliphatic heterocycles. The first-order chi connectivity index (χ1) is 19.6. The third-order valence-electron chi connectivity index (χ3n) is 7.64. The molecule has 228 valence electrons. The number of hydrogen-bond acceptors (Lipinski definition) is 7. The minimum absolute atomic E-state index is 0.0293. The average molecular weight is 657 g/mol. The van der Waals surface area contributed by atoms with E-state index in [4.69, 9.17) is 30.5 Å². The number of amides is 1. The van der Waals surface area contributed by atoms with Gasteiger partial charge in [-0.25, -0.2) is 9.48 Å². The summed E-state index contributed by atoms with van der Waals surface area (Å²) in [4.78, 5) is 27.7. The highest BCUT2D eigenvalue weighted by Gasteiger charge is 2.35. The van der Waals surface area contributed by atoms with Crippen LogP contribution in [0.1, 0.15) is 83.9 Å². The number of hydrogen-bond donors (Lipinski definition) is 0. The van der Waals surface area contributed by atoms with Crippen molar-refractivity contribution in [2.75, 3.05) is 33.6 Å². The van der Waals surface area contributed by atoms with Gasteiger partial charge in [-0.1, -0.05) is 11.6 Å². The van der Waals surface area contributed by atoms with Crippen molar-refractivity contribution in [3.05, 3.63) is 27.3 Å². The molecule has 9 nitrogen and oxygen atoms in total. The predicted molar refractivity (Wildman–Crippen MR) is 161 cm³/mol. The maximum absolute atomic E-state index is 13.4. The van der Waals surface area contributed by atoms with Crippen LogP contribution in [0.5, 0.6) is 0 Å². The number of piperidine rings is 1. The van der Waals surface area contributed by atoms with E-state index in [-0.39, 0.29) is 30.8 Å². The molecule has 2 fully saturated rings. The molecular formula is C30H43BrClN3O6. The molecule has 0 saturated carbocycles. The number of likely N-dealkylation sites (tertiary alicyclic amines) is 1. The van der Waals surface area contributed by atoms with Crippen LogP contribution >= 0.6 is 27.5 Å². The average Bonchev–Trinajstić information content (AvgIpc) is 3.36. The maximum atomic E-state index is 13.4. The fourth-order valence-corrected chi connectivity index (χ4v) is 6.78. The van der Waals surface area contributed by atoms with Crippen molar-refractivity contribution in [2.45, 2.75) is 96.5 Å². The molecule has 41 heavy (non-hydrogen) atoms. The molecule has 0 radical (unpaired) electrons. The van der Waals surface area contributed by atoms with Crippen LogP contribution in [0.3, 0.4) is 0 Å². The summed E-state index contributed by atoms with van der Waals surface area (Å²) in [5.41, 5.74) is 1.40. The summed E-state index contributed by atoms with van der Waals surface area (Å²) < 4.78 is 25.4. The van der Waals surface area contributed by atoms with Crippen molar-refractivity contribution in [3.63, 3.8) is 0 Å². The van der Waals surface area contributed by atoms with Crippen LogP contribution < -0.4 is 0 Å². The van der Waals surface area contributed by atoms with Crippen LogP contribution in [0, 0.1) is 5.92 Å². The van der Waals surface area contributed by atoms with E-state index in [9.17, 15) is 9.59 Å². The molecule has 0 aliphatic carbocycles. The smallest absolute Gasteiger partial charge is 0.410 e. The van der Waals surface area contributed by atoms with Gasteiger partial charge in [0.15, 0.2) is 12.0 Å². The number of rotatable bonds is 11. The van der Waals surface area contributed by atoms with E-state index in [0.29, 0.717) is 31.0 Å². The highest BCUT2D eigenvalue weighted by Crippen LogP contribution is 2.37. The second kappa shape index (κ2) is 14.6. The van der Waals surface area contributed by atoms with Gasteiger partial charge in [-0.2, -0.15) is 5.10 Å². The molecule has 2 saturated heterocycles. The molecule has 2 aliphatic rings. The van der Waals surface area contributed by atoms with Gasteiger partial charge in [0, 0.05) is 54.0 Å². The van der Waals surface area contributed by atoms with Gasteiger partial charge < -0.3 is 23.8 Å². The van der Waals surface area contributed by atoms with Gasteiger partial charge >= 0.3 is 6.09 Å². The topological polar surface area (TPSA) is 92.1 Å². The number of ketones is 1. The Morgan fingerprint density at radius 2 is 2.02 bits per heavy atom. The normalized spacial score (nSPS) is 20.8. The first-order valence-electron chi connectivity index (χ1n) is 14.7. The molecule has 2 aromatic rings. The van der Waals surface area contributed by atoms with Crippen LogP contribution in [0.2, 0.25) is 5.02 Å². The van der Waals surface area contributed by atoms with Gasteiger partial charge in [0.25, 0.3) is 0 Å². The fourth-order valence-electron chi connectivity index (χ4n) is 5.66.